The molecule has 2 aromatic carbocycles. The third kappa shape index (κ3) is 2.45. The van der Waals surface area contributed by atoms with Crippen molar-refractivity contribution < 1.29 is 14.7 Å². The van der Waals surface area contributed by atoms with Crippen molar-refractivity contribution in [2.75, 3.05) is 5.33 Å². The highest BCUT2D eigenvalue weighted by Gasteiger charge is 2.55. The summed E-state index contributed by atoms with van der Waals surface area (Å²) in [6.07, 6.45) is 0.430. The molecule has 124 valence electrons. The highest BCUT2D eigenvalue weighted by atomic mass is 79.9. The van der Waals surface area contributed by atoms with Gasteiger partial charge in [0.25, 0.3) is 0 Å². The molecule has 0 amide bonds. The summed E-state index contributed by atoms with van der Waals surface area (Å²) < 4.78 is 0. The van der Waals surface area contributed by atoms with Gasteiger partial charge in [-0.15, -0.1) is 0 Å². The van der Waals surface area contributed by atoms with Gasteiger partial charge in [0, 0.05) is 22.9 Å². The minimum Gasteiger partial charge on any atom is -0.384 e. The van der Waals surface area contributed by atoms with Crippen LogP contribution in [0.2, 0.25) is 0 Å². The molecule has 0 radical (unpaired) electrons. The number of aliphatic hydroxyl groups is 1. The molecule has 0 fully saturated rings. The maximum Gasteiger partial charge on any atom is 0.177 e. The zero-order valence-corrected chi connectivity index (χ0v) is 15.0. The second-order valence-electron chi connectivity index (χ2n) is 6.35. The maximum atomic E-state index is 13.0. The average molecular weight is 387 g/mol. The topological polar surface area (TPSA) is 54.4 Å². The van der Waals surface area contributed by atoms with Crippen LogP contribution in [0.4, 0.5) is 0 Å². The minimum atomic E-state index is -1.29. The molecule has 0 aliphatic heterocycles. The molecule has 24 heavy (non-hydrogen) atoms. The minimum absolute atomic E-state index is 0.0676. The Kier molecular flexibility index (Phi) is 4.45. The first kappa shape index (κ1) is 17.1. The first-order chi connectivity index (χ1) is 11.5. The molecule has 3 nitrogen and oxygen atoms in total. The summed E-state index contributed by atoms with van der Waals surface area (Å²) in [5, 5.41) is 11.5. The fourth-order valence-electron chi connectivity index (χ4n) is 3.58. The van der Waals surface area contributed by atoms with Crippen molar-refractivity contribution >= 4 is 27.5 Å². The molecular formula is C20H19BrO3. The van der Waals surface area contributed by atoms with E-state index in [4.69, 9.17) is 0 Å². The number of benzene rings is 2. The number of ketones is 2. The van der Waals surface area contributed by atoms with Crippen LogP contribution >= 0.6 is 15.9 Å². The van der Waals surface area contributed by atoms with E-state index in [0.29, 0.717) is 23.1 Å². The van der Waals surface area contributed by atoms with Gasteiger partial charge in [-0.05, 0) is 12.0 Å². The summed E-state index contributed by atoms with van der Waals surface area (Å²) in [5.74, 6) is -0.359. The quantitative estimate of drug-likeness (QED) is 0.620. The van der Waals surface area contributed by atoms with Crippen molar-refractivity contribution in [1.82, 2.24) is 0 Å². The molecule has 1 aliphatic rings. The molecule has 1 unspecified atom stereocenters. The van der Waals surface area contributed by atoms with Crippen molar-refractivity contribution in [3.05, 3.63) is 71.3 Å². The van der Waals surface area contributed by atoms with Gasteiger partial charge in [-0.3, -0.25) is 9.59 Å². The van der Waals surface area contributed by atoms with Crippen LogP contribution < -0.4 is 0 Å². The van der Waals surface area contributed by atoms with Crippen LogP contribution in [-0.2, 0) is 5.60 Å². The lowest BCUT2D eigenvalue weighted by Gasteiger charge is -2.35. The number of carbonyl (C=O) groups is 2. The maximum absolute atomic E-state index is 13.0. The molecule has 1 aliphatic carbocycles. The molecule has 4 heteroatoms. The molecular weight excluding hydrogens is 368 g/mol. The molecule has 1 N–H and O–H groups in total. The third-order valence-electron chi connectivity index (χ3n) is 5.02. The average Bonchev–Trinajstić information content (AvgIpc) is 2.85. The van der Waals surface area contributed by atoms with Crippen LogP contribution in [0.3, 0.4) is 0 Å². The van der Waals surface area contributed by atoms with E-state index >= 15 is 0 Å². The number of hydrogen-bond donors (Lipinski definition) is 1. The second kappa shape index (κ2) is 6.26. The highest BCUT2D eigenvalue weighted by Crippen LogP contribution is 2.47. The van der Waals surface area contributed by atoms with E-state index in [2.05, 4.69) is 15.9 Å². The summed E-state index contributed by atoms with van der Waals surface area (Å²) in [7, 11) is 0. The number of hydrogen-bond acceptors (Lipinski definition) is 3. The van der Waals surface area contributed by atoms with Gasteiger partial charge in [0.2, 0.25) is 0 Å². The van der Waals surface area contributed by atoms with E-state index in [0.717, 1.165) is 0 Å². The predicted molar refractivity (Wildman–Crippen MR) is 96.6 cm³/mol. The van der Waals surface area contributed by atoms with E-state index in [1.165, 1.54) is 0 Å². The van der Waals surface area contributed by atoms with Crippen LogP contribution in [0, 0.1) is 5.41 Å². The van der Waals surface area contributed by atoms with Gasteiger partial charge in [0.15, 0.2) is 11.6 Å². The first-order valence-corrected chi connectivity index (χ1v) is 9.13. The number of rotatable bonds is 5. The number of fused-ring (bicyclic) bond motifs is 1. The van der Waals surface area contributed by atoms with Crippen molar-refractivity contribution in [3.63, 3.8) is 0 Å². The van der Waals surface area contributed by atoms with E-state index in [1.807, 2.05) is 37.3 Å². The Balaban J connectivity index is 2.07. The van der Waals surface area contributed by atoms with Gasteiger partial charge < -0.3 is 5.11 Å². The van der Waals surface area contributed by atoms with Crippen LogP contribution in [-0.4, -0.2) is 22.0 Å². The van der Waals surface area contributed by atoms with E-state index in [-0.39, 0.29) is 23.3 Å². The SMILES string of the molecule is CCC1(CC(O)(CBr)c2ccccc2)C(=O)c2ccccc2C1=O. The molecule has 0 heterocycles. The predicted octanol–water partition coefficient (Wildman–Crippen LogP) is 4.13. The summed E-state index contributed by atoms with van der Waals surface area (Å²) in [6.45, 7) is 1.83. The monoisotopic (exact) mass is 386 g/mol. The van der Waals surface area contributed by atoms with Crippen molar-refractivity contribution in [2.24, 2.45) is 5.41 Å². The Morgan fingerprint density at radius 1 is 0.958 bits per heavy atom. The van der Waals surface area contributed by atoms with Gasteiger partial charge >= 0.3 is 0 Å². The van der Waals surface area contributed by atoms with Crippen LogP contribution in [0.25, 0.3) is 0 Å². The smallest absolute Gasteiger partial charge is 0.177 e. The molecule has 0 saturated carbocycles. The second-order valence-corrected chi connectivity index (χ2v) is 6.91. The van der Waals surface area contributed by atoms with Gasteiger partial charge in [0.1, 0.15) is 5.60 Å². The summed E-state index contributed by atoms with van der Waals surface area (Å²) in [5.41, 5.74) is -0.859. The normalized spacial score (nSPS) is 18.3. The van der Waals surface area contributed by atoms with Crippen LogP contribution in [0.5, 0.6) is 0 Å². The van der Waals surface area contributed by atoms with Gasteiger partial charge in [0.05, 0.1) is 5.41 Å². The Morgan fingerprint density at radius 3 is 1.92 bits per heavy atom. The Hall–Kier alpha value is -1.78. The van der Waals surface area contributed by atoms with Crippen molar-refractivity contribution in [1.29, 1.82) is 0 Å². The van der Waals surface area contributed by atoms with Gasteiger partial charge in [-0.25, -0.2) is 0 Å². The summed E-state index contributed by atoms with van der Waals surface area (Å²) in [6, 6.07) is 16.1. The first-order valence-electron chi connectivity index (χ1n) is 8.01. The standard InChI is InChI=1S/C20H19BrO3/c1-2-19(12-20(24,13-21)14-8-4-3-5-9-14)17(22)15-10-6-7-11-16(15)18(19)23/h3-11,24H,2,12-13H2,1H3. The summed E-state index contributed by atoms with van der Waals surface area (Å²) in [4.78, 5) is 26.1. The molecule has 1 atom stereocenters. The third-order valence-corrected chi connectivity index (χ3v) is 5.94. The number of alkyl halides is 1. The van der Waals surface area contributed by atoms with Crippen LogP contribution in [0.1, 0.15) is 46.0 Å². The summed E-state index contributed by atoms with van der Waals surface area (Å²) >= 11 is 3.37. The molecule has 3 rings (SSSR count). The van der Waals surface area contributed by atoms with Crippen molar-refractivity contribution in [3.8, 4) is 0 Å². The van der Waals surface area contributed by atoms with Crippen LogP contribution in [0.15, 0.2) is 54.6 Å². The number of halogens is 1. The zero-order valence-electron chi connectivity index (χ0n) is 13.5. The number of carbonyl (C=O) groups excluding carboxylic acids is 2. The zero-order chi connectivity index (χ0) is 17.4. The van der Waals surface area contributed by atoms with Gasteiger partial charge in [-0.2, -0.15) is 0 Å². The van der Waals surface area contributed by atoms with E-state index in [1.54, 1.807) is 24.3 Å². The number of Topliss-reactive ketones (excluding diaryl/α,β-unsaturated/α-hetero) is 2. The molecule has 0 saturated heterocycles. The lowest BCUT2D eigenvalue weighted by Crippen LogP contribution is -2.42. The van der Waals surface area contributed by atoms with E-state index < -0.39 is 11.0 Å². The van der Waals surface area contributed by atoms with E-state index in [9.17, 15) is 14.7 Å². The molecule has 0 aromatic heterocycles. The molecule has 0 spiro atoms. The van der Waals surface area contributed by atoms with Crippen molar-refractivity contribution in [2.45, 2.75) is 25.4 Å². The molecule has 0 bridgehead atoms. The molecule has 2 aromatic rings. The fraction of sp³-hybridized carbons (Fsp3) is 0.300. The fourth-order valence-corrected chi connectivity index (χ4v) is 4.10. The lowest BCUT2D eigenvalue weighted by molar-refractivity contribution is 0.0111. The largest absolute Gasteiger partial charge is 0.384 e. The van der Waals surface area contributed by atoms with Gasteiger partial charge in [-0.1, -0.05) is 77.5 Å². The Labute approximate surface area is 149 Å². The Bertz CT molecular complexity index is 749. The lowest BCUT2D eigenvalue weighted by atomic mass is 9.70. The highest BCUT2D eigenvalue weighted by molar-refractivity contribution is 9.09. The Morgan fingerprint density at radius 2 is 1.46 bits per heavy atom.